The zero-order valence-electron chi connectivity index (χ0n) is 20.3. The number of hydrogen-bond donors (Lipinski definition) is 1. The third-order valence-corrected chi connectivity index (χ3v) is 5.80. The number of anilines is 1. The summed E-state index contributed by atoms with van der Waals surface area (Å²) in [5.41, 5.74) is 3.22. The van der Waals surface area contributed by atoms with E-state index in [0.717, 1.165) is 22.6 Å². The highest BCUT2D eigenvalue weighted by molar-refractivity contribution is 6.46. The molecule has 0 radical (unpaired) electrons. The van der Waals surface area contributed by atoms with Gasteiger partial charge in [-0.25, -0.2) is 0 Å². The molecule has 1 atom stereocenters. The fourth-order valence-electron chi connectivity index (χ4n) is 3.99. The Bertz CT molecular complexity index is 1060. The molecule has 0 saturated carbocycles. The first-order valence-electron chi connectivity index (χ1n) is 11.1. The molecule has 2 aromatic rings. The van der Waals surface area contributed by atoms with E-state index in [1.807, 2.05) is 76.1 Å². The second-order valence-corrected chi connectivity index (χ2v) is 8.70. The van der Waals surface area contributed by atoms with Gasteiger partial charge in [-0.1, -0.05) is 12.1 Å². The van der Waals surface area contributed by atoms with Crippen LogP contribution in [0.25, 0.3) is 5.76 Å². The van der Waals surface area contributed by atoms with E-state index < -0.39 is 17.7 Å². The minimum Gasteiger partial charge on any atom is -0.507 e. The maximum Gasteiger partial charge on any atom is 0.295 e. The molecule has 1 aliphatic rings. The molecule has 0 aromatic heterocycles. The third-order valence-electron chi connectivity index (χ3n) is 5.80. The van der Waals surface area contributed by atoms with Gasteiger partial charge < -0.3 is 24.5 Å². The number of nitrogens with zero attached hydrogens (tertiary/aromatic N) is 3. The quantitative estimate of drug-likeness (QED) is 0.377. The molecule has 176 valence electrons. The fourth-order valence-corrected chi connectivity index (χ4v) is 3.99. The molecule has 0 spiro atoms. The summed E-state index contributed by atoms with van der Waals surface area (Å²) in [5.74, 6) is -0.716. The Kier molecular flexibility index (Phi) is 7.43. The maximum absolute atomic E-state index is 13.1. The lowest BCUT2D eigenvalue weighted by Gasteiger charge is -2.27. The van der Waals surface area contributed by atoms with Crippen molar-refractivity contribution in [3.05, 3.63) is 64.7 Å². The van der Waals surface area contributed by atoms with Crippen LogP contribution in [0.2, 0.25) is 0 Å². The molecule has 1 fully saturated rings. The lowest BCUT2D eigenvalue weighted by molar-refractivity contribution is -0.140. The van der Waals surface area contributed by atoms with Crippen LogP contribution in [0, 0.1) is 6.92 Å². The summed E-state index contributed by atoms with van der Waals surface area (Å²) in [5, 5.41) is 11.2. The molecule has 1 heterocycles. The molecular formula is C26H33N3O4. The van der Waals surface area contributed by atoms with Gasteiger partial charge in [0.15, 0.2) is 0 Å². The zero-order valence-corrected chi connectivity index (χ0v) is 20.3. The topological polar surface area (TPSA) is 73.3 Å². The van der Waals surface area contributed by atoms with E-state index in [2.05, 4.69) is 0 Å². The highest BCUT2D eigenvalue weighted by atomic mass is 16.5. The summed E-state index contributed by atoms with van der Waals surface area (Å²) in [4.78, 5) is 31.6. The van der Waals surface area contributed by atoms with Gasteiger partial charge in [-0.05, 0) is 69.4 Å². The van der Waals surface area contributed by atoms with Crippen LogP contribution in [0.1, 0.15) is 29.7 Å². The molecule has 1 unspecified atom stereocenters. The van der Waals surface area contributed by atoms with E-state index in [1.165, 1.54) is 0 Å². The summed E-state index contributed by atoms with van der Waals surface area (Å²) in [6.45, 7) is 5.30. The van der Waals surface area contributed by atoms with Gasteiger partial charge >= 0.3 is 0 Å². The first-order valence-corrected chi connectivity index (χ1v) is 11.1. The summed E-state index contributed by atoms with van der Waals surface area (Å²) in [6, 6.07) is 12.3. The first-order chi connectivity index (χ1) is 15.6. The van der Waals surface area contributed by atoms with Crippen LogP contribution in [0.3, 0.4) is 0 Å². The van der Waals surface area contributed by atoms with Gasteiger partial charge in [0.1, 0.15) is 11.5 Å². The number of hydrogen-bond acceptors (Lipinski definition) is 6. The molecule has 0 aliphatic carbocycles. The van der Waals surface area contributed by atoms with E-state index in [-0.39, 0.29) is 11.3 Å². The summed E-state index contributed by atoms with van der Waals surface area (Å²) in [6.07, 6.45) is 0. The van der Waals surface area contributed by atoms with Gasteiger partial charge in [0.05, 0.1) is 18.2 Å². The van der Waals surface area contributed by atoms with Gasteiger partial charge in [-0.15, -0.1) is 0 Å². The molecule has 1 saturated heterocycles. The normalized spacial score (nSPS) is 17.7. The number of rotatable bonds is 8. The largest absolute Gasteiger partial charge is 0.507 e. The predicted octanol–water partition coefficient (Wildman–Crippen LogP) is 3.44. The monoisotopic (exact) mass is 451 g/mol. The van der Waals surface area contributed by atoms with Gasteiger partial charge in [0.25, 0.3) is 11.7 Å². The molecule has 3 rings (SSSR count). The molecule has 0 bridgehead atoms. The number of Topliss-reactive ketones (excluding diaryl/α,β-unsaturated/α-hetero) is 1. The first kappa shape index (κ1) is 24.3. The van der Waals surface area contributed by atoms with Crippen LogP contribution in [-0.4, -0.2) is 74.5 Å². The molecule has 33 heavy (non-hydrogen) atoms. The lowest BCUT2D eigenvalue weighted by atomic mass is 9.94. The van der Waals surface area contributed by atoms with Crippen molar-refractivity contribution < 1.29 is 19.4 Å². The molecule has 7 nitrogen and oxygen atoms in total. The molecular weight excluding hydrogens is 418 g/mol. The molecule has 2 aromatic carbocycles. The zero-order chi connectivity index (χ0) is 24.3. The predicted molar refractivity (Wildman–Crippen MR) is 131 cm³/mol. The summed E-state index contributed by atoms with van der Waals surface area (Å²) in [7, 11) is 7.74. The second kappa shape index (κ2) is 10.1. The average Bonchev–Trinajstić information content (AvgIpc) is 3.03. The maximum atomic E-state index is 13.1. The van der Waals surface area contributed by atoms with Crippen molar-refractivity contribution in [2.24, 2.45) is 0 Å². The number of carbonyl (C=O) groups is 2. The Balaban J connectivity index is 2.12. The summed E-state index contributed by atoms with van der Waals surface area (Å²) >= 11 is 0. The number of likely N-dealkylation sites (N-methyl/N-ethyl adjacent to an activating group) is 1. The van der Waals surface area contributed by atoms with Crippen molar-refractivity contribution >= 4 is 23.1 Å². The minimum atomic E-state index is -0.667. The van der Waals surface area contributed by atoms with E-state index in [4.69, 9.17) is 4.74 Å². The van der Waals surface area contributed by atoms with Crippen LogP contribution in [0.5, 0.6) is 5.75 Å². The number of aliphatic hydroxyl groups is 1. The van der Waals surface area contributed by atoms with Gasteiger partial charge in [0, 0.05) is 38.4 Å². The Morgan fingerprint density at radius 1 is 1.06 bits per heavy atom. The average molecular weight is 452 g/mol. The van der Waals surface area contributed by atoms with Crippen molar-refractivity contribution in [1.29, 1.82) is 0 Å². The van der Waals surface area contributed by atoms with Crippen LogP contribution in [0.15, 0.2) is 48.0 Å². The van der Waals surface area contributed by atoms with Crippen LogP contribution in [-0.2, 0) is 9.59 Å². The Morgan fingerprint density at radius 2 is 1.73 bits per heavy atom. The van der Waals surface area contributed by atoms with Crippen molar-refractivity contribution in [3.8, 4) is 5.75 Å². The smallest absolute Gasteiger partial charge is 0.295 e. The molecule has 7 heteroatoms. The number of benzene rings is 2. The summed E-state index contributed by atoms with van der Waals surface area (Å²) < 4.78 is 5.59. The van der Waals surface area contributed by atoms with E-state index in [9.17, 15) is 14.7 Å². The van der Waals surface area contributed by atoms with E-state index in [0.29, 0.717) is 25.3 Å². The van der Waals surface area contributed by atoms with Gasteiger partial charge in [0.2, 0.25) is 0 Å². The number of aryl methyl sites for hydroxylation is 1. The van der Waals surface area contributed by atoms with Crippen molar-refractivity contribution in [2.45, 2.75) is 19.9 Å². The number of ether oxygens (including phenoxy) is 1. The highest BCUT2D eigenvalue weighted by Crippen LogP contribution is 2.40. The minimum absolute atomic E-state index is 0.111. The SMILES string of the molecule is CCOc1ccc(C(O)=C2C(=O)C(=O)N(CCN(C)C)C2c2ccc(N(C)C)cc2)cc1C. The third kappa shape index (κ3) is 5.03. The Hall–Kier alpha value is -3.32. The number of aliphatic hydroxyl groups excluding tert-OH is 1. The highest BCUT2D eigenvalue weighted by Gasteiger charge is 2.45. The van der Waals surface area contributed by atoms with Crippen molar-refractivity contribution in [1.82, 2.24) is 9.80 Å². The number of carbonyl (C=O) groups excluding carboxylic acids is 2. The van der Waals surface area contributed by atoms with Gasteiger partial charge in [-0.2, -0.15) is 0 Å². The molecule has 1 aliphatic heterocycles. The van der Waals surface area contributed by atoms with Gasteiger partial charge in [-0.3, -0.25) is 9.59 Å². The van der Waals surface area contributed by atoms with Crippen LogP contribution < -0.4 is 9.64 Å². The van der Waals surface area contributed by atoms with E-state index >= 15 is 0 Å². The number of amides is 1. The lowest BCUT2D eigenvalue weighted by Crippen LogP contribution is -2.35. The standard InChI is InChI=1S/C26H33N3O4/c1-7-33-21-13-10-19(16-17(21)2)24(30)22-23(18-8-11-20(12-9-18)28(5)6)29(15-14-27(3)4)26(32)25(22)31/h8-13,16,23,30H,7,14-15H2,1-6H3. The van der Waals surface area contributed by atoms with Crippen molar-refractivity contribution in [3.63, 3.8) is 0 Å². The second-order valence-electron chi connectivity index (χ2n) is 8.70. The van der Waals surface area contributed by atoms with E-state index in [1.54, 1.807) is 23.1 Å². The van der Waals surface area contributed by atoms with Crippen LogP contribution >= 0.6 is 0 Å². The molecule has 1 N–H and O–H groups in total. The van der Waals surface area contributed by atoms with Crippen LogP contribution in [0.4, 0.5) is 5.69 Å². The number of likely N-dealkylation sites (tertiary alicyclic amines) is 1. The molecule has 1 amide bonds. The fraction of sp³-hybridized carbons (Fsp3) is 0.385. The number of ketones is 1. The Morgan fingerprint density at radius 3 is 2.27 bits per heavy atom. The van der Waals surface area contributed by atoms with Crippen molar-refractivity contribution in [2.75, 3.05) is 52.8 Å². The Labute approximate surface area is 195 Å².